The minimum absolute atomic E-state index is 0.127. The molecule has 1 aromatic rings. The summed E-state index contributed by atoms with van der Waals surface area (Å²) in [7, 11) is 1.35. The van der Waals surface area contributed by atoms with Gasteiger partial charge in [-0.15, -0.1) is 0 Å². The van der Waals surface area contributed by atoms with Gasteiger partial charge in [0.2, 0.25) is 0 Å². The molecule has 0 unspecified atom stereocenters. The molecule has 0 aromatic heterocycles. The van der Waals surface area contributed by atoms with Crippen molar-refractivity contribution in [1.82, 2.24) is 0 Å². The highest BCUT2D eigenvalue weighted by molar-refractivity contribution is 6.01. The molecule has 0 aliphatic rings. The highest BCUT2D eigenvalue weighted by atomic mass is 16.5. The number of rotatable bonds is 9. The third-order valence-corrected chi connectivity index (χ3v) is 3.62. The molecule has 0 radical (unpaired) electrons. The van der Waals surface area contributed by atoms with Crippen LogP contribution in [0, 0.1) is 0 Å². The average molecular weight is 356 g/mol. The zero-order valence-electron chi connectivity index (χ0n) is 13.3. The Morgan fingerprint density at radius 2 is 1.96 bits per heavy atom. The lowest BCUT2D eigenvalue weighted by Crippen LogP contribution is -2.62. The summed E-state index contributed by atoms with van der Waals surface area (Å²) in [6.07, 6.45) is -4.89. The number of phenolic OH excluding ortho intramolecular Hbond substituents is 1. The van der Waals surface area contributed by atoms with Crippen LogP contribution in [0.5, 0.6) is 11.5 Å². The molecule has 0 amide bonds. The normalized spacial score (nSPS) is 17.5. The van der Waals surface area contributed by atoms with Gasteiger partial charge in [0.25, 0.3) is 0 Å². The number of aliphatic hydroxyl groups is 5. The van der Waals surface area contributed by atoms with Crippen LogP contribution < -0.4 is 4.74 Å². The number of phenols is 1. The summed E-state index contributed by atoms with van der Waals surface area (Å²) in [5.41, 5.74) is -2.70. The van der Waals surface area contributed by atoms with E-state index in [-0.39, 0.29) is 17.8 Å². The number of benzene rings is 1. The van der Waals surface area contributed by atoms with Crippen LogP contribution in [-0.4, -0.2) is 80.3 Å². The average Bonchev–Trinajstić information content (AvgIpc) is 2.63. The molecule has 9 heteroatoms. The van der Waals surface area contributed by atoms with Crippen LogP contribution >= 0.6 is 0 Å². The monoisotopic (exact) mass is 356 g/mol. The van der Waals surface area contributed by atoms with E-state index in [0.29, 0.717) is 5.56 Å². The third-order valence-electron chi connectivity index (χ3n) is 3.62. The number of aromatic hydroxyl groups is 1. The largest absolute Gasteiger partial charge is 0.504 e. The molecule has 1 aromatic carbocycles. The van der Waals surface area contributed by atoms with E-state index in [0.717, 1.165) is 12.2 Å². The zero-order valence-corrected chi connectivity index (χ0v) is 13.3. The van der Waals surface area contributed by atoms with Crippen LogP contribution in [0.25, 0.3) is 6.08 Å². The Morgan fingerprint density at radius 1 is 1.32 bits per heavy atom. The van der Waals surface area contributed by atoms with Gasteiger partial charge in [-0.25, -0.2) is 0 Å². The van der Waals surface area contributed by atoms with Gasteiger partial charge in [0.15, 0.2) is 29.2 Å². The molecular weight excluding hydrogens is 336 g/mol. The zero-order chi connectivity index (χ0) is 19.2. The van der Waals surface area contributed by atoms with Crippen LogP contribution in [0.1, 0.15) is 5.56 Å². The van der Waals surface area contributed by atoms with Gasteiger partial charge in [0, 0.05) is 0 Å². The fourth-order valence-corrected chi connectivity index (χ4v) is 2.10. The van der Waals surface area contributed by atoms with E-state index in [2.05, 4.69) is 0 Å². The smallest absolute Gasteiger partial charge is 0.192 e. The van der Waals surface area contributed by atoms with Crippen LogP contribution in [0.15, 0.2) is 24.3 Å². The predicted molar refractivity (Wildman–Crippen MR) is 84.8 cm³/mol. The predicted octanol–water partition coefficient (Wildman–Crippen LogP) is -2.01. The van der Waals surface area contributed by atoms with Crippen molar-refractivity contribution in [2.45, 2.75) is 23.9 Å². The number of ether oxygens (including phenoxy) is 1. The molecule has 0 spiro atoms. The molecule has 0 fully saturated rings. The molecule has 0 saturated carbocycles. The van der Waals surface area contributed by atoms with Crippen molar-refractivity contribution in [2.24, 2.45) is 0 Å². The molecule has 1 rings (SSSR count). The van der Waals surface area contributed by atoms with E-state index < -0.39 is 36.3 Å². The third kappa shape index (κ3) is 4.41. The molecule has 6 N–H and O–H groups in total. The molecular formula is C16H20O9. The minimum Gasteiger partial charge on any atom is -0.504 e. The maximum atomic E-state index is 12.2. The number of hydrogen-bond acceptors (Lipinski definition) is 9. The molecule has 0 saturated heterocycles. The van der Waals surface area contributed by atoms with E-state index >= 15 is 0 Å². The van der Waals surface area contributed by atoms with Gasteiger partial charge >= 0.3 is 0 Å². The fraction of sp³-hybridized carbons (Fsp3) is 0.375. The number of aldehydes is 1. The summed E-state index contributed by atoms with van der Waals surface area (Å²) in [5, 5.41) is 57.7. The number of carbonyl (C=O) groups is 2. The number of hydrogen-bond donors (Lipinski definition) is 6. The van der Waals surface area contributed by atoms with Crippen molar-refractivity contribution in [3.63, 3.8) is 0 Å². The number of carbonyl (C=O) groups excluding carboxylic acids is 2. The van der Waals surface area contributed by atoms with Crippen LogP contribution in [0.3, 0.4) is 0 Å². The van der Waals surface area contributed by atoms with Crippen LogP contribution in [0.2, 0.25) is 0 Å². The Hall–Kier alpha value is -2.30. The summed E-state index contributed by atoms with van der Waals surface area (Å²) in [6, 6.07) is 4.14. The molecule has 25 heavy (non-hydrogen) atoms. The van der Waals surface area contributed by atoms with Gasteiger partial charge in [-0.1, -0.05) is 12.1 Å². The second-order valence-electron chi connectivity index (χ2n) is 5.22. The van der Waals surface area contributed by atoms with Gasteiger partial charge in [-0.2, -0.15) is 0 Å². The summed E-state index contributed by atoms with van der Waals surface area (Å²) < 4.78 is 4.86. The Balaban J connectivity index is 3.14. The maximum Gasteiger partial charge on any atom is 0.192 e. The Kier molecular flexibility index (Phi) is 7.22. The lowest BCUT2D eigenvalue weighted by atomic mass is 9.83. The van der Waals surface area contributed by atoms with E-state index in [1.165, 1.54) is 25.3 Å². The summed E-state index contributed by atoms with van der Waals surface area (Å²) in [5.74, 6) is -1.28. The maximum absolute atomic E-state index is 12.2. The Morgan fingerprint density at radius 3 is 2.44 bits per heavy atom. The Labute approximate surface area is 143 Å². The molecule has 0 aliphatic heterocycles. The van der Waals surface area contributed by atoms with E-state index in [1.54, 1.807) is 0 Å². The number of methoxy groups -OCH3 is 1. The molecule has 138 valence electrons. The highest BCUT2D eigenvalue weighted by Crippen LogP contribution is 2.27. The summed E-state index contributed by atoms with van der Waals surface area (Å²) in [4.78, 5) is 22.8. The van der Waals surface area contributed by atoms with Crippen molar-refractivity contribution in [1.29, 1.82) is 0 Å². The molecule has 9 nitrogen and oxygen atoms in total. The topological polar surface area (TPSA) is 165 Å². The van der Waals surface area contributed by atoms with Gasteiger partial charge in [0.05, 0.1) is 13.7 Å². The minimum atomic E-state index is -3.01. The van der Waals surface area contributed by atoms with Crippen molar-refractivity contribution in [3.05, 3.63) is 29.8 Å². The first-order chi connectivity index (χ1) is 11.7. The van der Waals surface area contributed by atoms with E-state index in [4.69, 9.17) is 9.84 Å². The van der Waals surface area contributed by atoms with E-state index in [1.807, 2.05) is 0 Å². The SMILES string of the molecule is COc1ccc(/C=C/C(=O)[C@@](O)([C@H](O)CO)[C@H](O)[C@@H](O)C=O)cc1O. The summed E-state index contributed by atoms with van der Waals surface area (Å²) >= 11 is 0. The Bertz CT molecular complexity index is 642. The van der Waals surface area contributed by atoms with Gasteiger partial charge < -0.3 is 40.2 Å². The van der Waals surface area contributed by atoms with Crippen molar-refractivity contribution >= 4 is 18.1 Å². The molecule has 0 heterocycles. The molecule has 4 atom stereocenters. The van der Waals surface area contributed by atoms with Crippen LogP contribution in [-0.2, 0) is 9.59 Å². The lowest BCUT2D eigenvalue weighted by Gasteiger charge is -2.34. The molecule has 0 aliphatic carbocycles. The number of ketones is 1. The highest BCUT2D eigenvalue weighted by Gasteiger charge is 2.50. The first-order valence-electron chi connectivity index (χ1n) is 7.14. The van der Waals surface area contributed by atoms with Crippen LogP contribution in [0.4, 0.5) is 0 Å². The van der Waals surface area contributed by atoms with Crippen molar-refractivity contribution in [3.8, 4) is 11.5 Å². The quantitative estimate of drug-likeness (QED) is 0.216. The second-order valence-corrected chi connectivity index (χ2v) is 5.22. The second kappa shape index (κ2) is 8.70. The lowest BCUT2D eigenvalue weighted by molar-refractivity contribution is -0.187. The van der Waals surface area contributed by atoms with Gasteiger partial charge in [-0.05, 0) is 23.8 Å². The van der Waals surface area contributed by atoms with Crippen molar-refractivity contribution in [2.75, 3.05) is 13.7 Å². The molecule has 0 bridgehead atoms. The first-order valence-corrected chi connectivity index (χ1v) is 7.14. The number of aliphatic hydroxyl groups excluding tert-OH is 4. The fourth-order valence-electron chi connectivity index (χ4n) is 2.10. The van der Waals surface area contributed by atoms with Gasteiger partial charge in [-0.3, -0.25) is 4.79 Å². The van der Waals surface area contributed by atoms with Gasteiger partial charge in [0.1, 0.15) is 18.3 Å². The standard InChI is InChI=1S/C16H20O9/c1-25-12-4-2-9(6-10(12)19)3-5-13(21)16(24,14(22)8-18)15(23)11(20)7-17/h2-7,11,14-15,18-20,22-24H,8H2,1H3/b5-3+/t11-,14+,15+,16+/m0/s1. The van der Waals surface area contributed by atoms with Crippen molar-refractivity contribution < 1.29 is 45.0 Å². The van der Waals surface area contributed by atoms with E-state index in [9.17, 15) is 35.1 Å². The summed E-state index contributed by atoms with van der Waals surface area (Å²) in [6.45, 7) is -1.11. The first kappa shape index (κ1) is 20.7.